The Morgan fingerprint density at radius 1 is 1.30 bits per heavy atom. The fourth-order valence-electron chi connectivity index (χ4n) is 2.21. The Bertz CT molecular complexity index is 548. The molecule has 1 aromatic heterocycles. The normalized spacial score (nSPS) is 12.8. The summed E-state index contributed by atoms with van der Waals surface area (Å²) in [4.78, 5) is 7.76. The Labute approximate surface area is 129 Å². The molecule has 0 aliphatic carbocycles. The van der Waals surface area contributed by atoms with Crippen molar-refractivity contribution in [2.45, 2.75) is 39.2 Å². The van der Waals surface area contributed by atoms with Crippen LogP contribution in [0.15, 0.2) is 34.9 Å². The monoisotopic (exact) mass is 335 g/mol. The number of hydrogen-bond donors (Lipinski definition) is 2. The number of H-pyrrole nitrogens is 1. The summed E-state index contributed by atoms with van der Waals surface area (Å²) in [6, 6.07) is 8.16. The van der Waals surface area contributed by atoms with Gasteiger partial charge in [0.2, 0.25) is 0 Å². The summed E-state index contributed by atoms with van der Waals surface area (Å²) in [6.07, 6.45) is 5.20. The van der Waals surface area contributed by atoms with Crippen LogP contribution < -0.4 is 5.73 Å². The van der Waals surface area contributed by atoms with Crippen molar-refractivity contribution < 1.29 is 0 Å². The maximum absolute atomic E-state index is 6.20. The average Bonchev–Trinajstić information content (AvgIpc) is 2.87. The Morgan fingerprint density at radius 3 is 2.80 bits per heavy atom. The molecule has 108 valence electrons. The molecule has 0 bridgehead atoms. The zero-order valence-corrected chi connectivity index (χ0v) is 13.7. The van der Waals surface area contributed by atoms with E-state index < -0.39 is 0 Å². The van der Waals surface area contributed by atoms with Crippen molar-refractivity contribution in [3.05, 3.63) is 40.8 Å². The predicted octanol–water partition coefficient (Wildman–Crippen LogP) is 4.67. The second-order valence-corrected chi connectivity index (χ2v) is 6.54. The van der Waals surface area contributed by atoms with E-state index in [0.29, 0.717) is 0 Å². The van der Waals surface area contributed by atoms with Gasteiger partial charge in [-0.3, -0.25) is 0 Å². The van der Waals surface area contributed by atoms with Crippen LogP contribution in [-0.2, 0) is 0 Å². The third-order valence-electron chi connectivity index (χ3n) is 3.38. The fourth-order valence-corrected chi connectivity index (χ4v) is 2.61. The highest BCUT2D eigenvalue weighted by Crippen LogP contribution is 2.23. The molecule has 0 saturated carbocycles. The van der Waals surface area contributed by atoms with Gasteiger partial charge in [0.05, 0.1) is 17.9 Å². The topological polar surface area (TPSA) is 54.7 Å². The molecule has 0 amide bonds. The van der Waals surface area contributed by atoms with Gasteiger partial charge in [0.15, 0.2) is 0 Å². The molecule has 1 aromatic carbocycles. The number of aromatic amines is 1. The lowest BCUT2D eigenvalue weighted by Gasteiger charge is -2.09. The number of nitrogens with two attached hydrogens (primary N) is 1. The number of nitrogens with zero attached hydrogens (tertiary/aromatic N) is 1. The fraction of sp³-hybridized carbons (Fsp3) is 0.438. The first-order chi connectivity index (χ1) is 9.56. The summed E-state index contributed by atoms with van der Waals surface area (Å²) >= 11 is 3.48. The van der Waals surface area contributed by atoms with Crippen molar-refractivity contribution >= 4 is 15.9 Å². The van der Waals surface area contributed by atoms with Crippen molar-refractivity contribution in [1.82, 2.24) is 9.97 Å². The van der Waals surface area contributed by atoms with Gasteiger partial charge in [0, 0.05) is 10.0 Å². The van der Waals surface area contributed by atoms with Gasteiger partial charge < -0.3 is 10.7 Å². The highest BCUT2D eigenvalue weighted by atomic mass is 79.9. The molecular weight excluding hydrogens is 314 g/mol. The van der Waals surface area contributed by atoms with E-state index in [4.69, 9.17) is 5.73 Å². The maximum atomic E-state index is 6.20. The zero-order chi connectivity index (χ0) is 14.5. The number of nitrogens with one attached hydrogen (secondary N) is 1. The minimum absolute atomic E-state index is 0.00495. The van der Waals surface area contributed by atoms with Gasteiger partial charge in [-0.05, 0) is 24.5 Å². The lowest BCUT2D eigenvalue weighted by atomic mass is 10.0. The Kier molecular flexibility index (Phi) is 5.38. The van der Waals surface area contributed by atoms with Crippen LogP contribution in [0.2, 0.25) is 0 Å². The van der Waals surface area contributed by atoms with E-state index in [1.54, 1.807) is 0 Å². The number of hydrogen-bond acceptors (Lipinski definition) is 2. The molecular formula is C16H22BrN3. The van der Waals surface area contributed by atoms with E-state index in [0.717, 1.165) is 40.3 Å². The van der Waals surface area contributed by atoms with Gasteiger partial charge in [-0.2, -0.15) is 0 Å². The molecule has 0 aliphatic rings. The van der Waals surface area contributed by atoms with Crippen LogP contribution in [0.5, 0.6) is 0 Å². The van der Waals surface area contributed by atoms with Crippen molar-refractivity contribution in [2.75, 3.05) is 0 Å². The van der Waals surface area contributed by atoms with Crippen LogP contribution in [0.25, 0.3) is 11.3 Å². The summed E-state index contributed by atoms with van der Waals surface area (Å²) in [6.45, 7) is 4.48. The van der Waals surface area contributed by atoms with E-state index in [-0.39, 0.29) is 6.04 Å². The van der Waals surface area contributed by atoms with Gasteiger partial charge >= 0.3 is 0 Å². The van der Waals surface area contributed by atoms with Crippen molar-refractivity contribution in [2.24, 2.45) is 11.7 Å². The molecule has 1 atom stereocenters. The molecule has 20 heavy (non-hydrogen) atoms. The van der Waals surface area contributed by atoms with E-state index in [1.165, 1.54) is 6.42 Å². The first kappa shape index (κ1) is 15.3. The van der Waals surface area contributed by atoms with Gasteiger partial charge in [-0.15, -0.1) is 0 Å². The van der Waals surface area contributed by atoms with Crippen molar-refractivity contribution in [3.8, 4) is 11.3 Å². The number of rotatable bonds is 6. The third kappa shape index (κ3) is 4.18. The van der Waals surface area contributed by atoms with E-state index in [1.807, 2.05) is 18.3 Å². The van der Waals surface area contributed by atoms with Gasteiger partial charge in [-0.25, -0.2) is 4.98 Å². The molecule has 0 aliphatic heterocycles. The summed E-state index contributed by atoms with van der Waals surface area (Å²) in [5.74, 6) is 1.61. The SMILES string of the molecule is CC(C)CCC[C@H](N)c1ncc(-c2cccc(Br)c2)[nH]1. The van der Waals surface area contributed by atoms with Gasteiger partial charge in [0.1, 0.15) is 5.82 Å². The second kappa shape index (κ2) is 7.04. The highest BCUT2D eigenvalue weighted by molar-refractivity contribution is 9.10. The Balaban J connectivity index is 2.01. The quantitative estimate of drug-likeness (QED) is 0.806. The number of benzene rings is 1. The molecule has 2 rings (SSSR count). The molecule has 0 saturated heterocycles. The van der Waals surface area contributed by atoms with Crippen LogP contribution in [0.1, 0.15) is 45.0 Å². The Morgan fingerprint density at radius 2 is 2.10 bits per heavy atom. The predicted molar refractivity (Wildman–Crippen MR) is 87.3 cm³/mol. The third-order valence-corrected chi connectivity index (χ3v) is 3.87. The summed E-state index contributed by atoms with van der Waals surface area (Å²) in [5.41, 5.74) is 8.33. The lowest BCUT2D eigenvalue weighted by Crippen LogP contribution is -2.12. The van der Waals surface area contributed by atoms with E-state index in [9.17, 15) is 0 Å². The standard InChI is InChI=1S/C16H22BrN3/c1-11(2)5-3-8-14(18)16-19-10-15(20-16)12-6-4-7-13(17)9-12/h4,6-7,9-11,14H,3,5,8,18H2,1-2H3,(H,19,20)/t14-/m0/s1. The van der Waals surface area contributed by atoms with E-state index >= 15 is 0 Å². The highest BCUT2D eigenvalue weighted by Gasteiger charge is 2.11. The van der Waals surface area contributed by atoms with Crippen molar-refractivity contribution in [1.29, 1.82) is 0 Å². The van der Waals surface area contributed by atoms with Crippen LogP contribution >= 0.6 is 15.9 Å². The molecule has 0 unspecified atom stereocenters. The lowest BCUT2D eigenvalue weighted by molar-refractivity contribution is 0.497. The van der Waals surface area contributed by atoms with Gasteiger partial charge in [-0.1, -0.05) is 54.8 Å². The summed E-state index contributed by atoms with van der Waals surface area (Å²) in [7, 11) is 0. The molecule has 0 fully saturated rings. The largest absolute Gasteiger partial charge is 0.341 e. The van der Waals surface area contributed by atoms with Crippen LogP contribution in [0.4, 0.5) is 0 Å². The summed E-state index contributed by atoms with van der Waals surface area (Å²) < 4.78 is 1.06. The second-order valence-electron chi connectivity index (χ2n) is 5.62. The molecule has 0 radical (unpaired) electrons. The molecule has 3 nitrogen and oxygen atoms in total. The molecule has 0 spiro atoms. The molecule has 4 heteroatoms. The first-order valence-corrected chi connectivity index (χ1v) is 7.92. The minimum Gasteiger partial charge on any atom is -0.341 e. The zero-order valence-electron chi connectivity index (χ0n) is 12.1. The number of aromatic nitrogens is 2. The molecule has 3 N–H and O–H groups in total. The first-order valence-electron chi connectivity index (χ1n) is 7.12. The smallest absolute Gasteiger partial charge is 0.123 e. The van der Waals surface area contributed by atoms with Crippen LogP contribution in [-0.4, -0.2) is 9.97 Å². The molecule has 1 heterocycles. The summed E-state index contributed by atoms with van der Waals surface area (Å²) in [5, 5.41) is 0. The number of imidazole rings is 1. The van der Waals surface area contributed by atoms with Gasteiger partial charge in [0.25, 0.3) is 0 Å². The minimum atomic E-state index is -0.00495. The maximum Gasteiger partial charge on any atom is 0.123 e. The Hall–Kier alpha value is -1.13. The molecule has 2 aromatic rings. The van der Waals surface area contributed by atoms with E-state index in [2.05, 4.69) is 51.9 Å². The van der Waals surface area contributed by atoms with Crippen molar-refractivity contribution in [3.63, 3.8) is 0 Å². The number of halogens is 1. The van der Waals surface area contributed by atoms with Crippen LogP contribution in [0.3, 0.4) is 0 Å². The average molecular weight is 336 g/mol. The van der Waals surface area contributed by atoms with Crippen LogP contribution in [0, 0.1) is 5.92 Å².